The minimum atomic E-state index is -3.55. The Kier molecular flexibility index (Phi) is 4.03. The van der Waals surface area contributed by atoms with Crippen LogP contribution in [0.5, 0.6) is 5.75 Å². The highest BCUT2D eigenvalue weighted by Gasteiger charge is 2.14. The van der Waals surface area contributed by atoms with Crippen molar-refractivity contribution in [2.75, 3.05) is 18.9 Å². The zero-order valence-corrected chi connectivity index (χ0v) is 10.9. The lowest BCUT2D eigenvalue weighted by Gasteiger charge is -2.07. The highest BCUT2D eigenvalue weighted by molar-refractivity contribution is 7.89. The molecule has 1 aromatic carbocycles. The largest absolute Gasteiger partial charge is 0.492 e. The number of ether oxygens (including phenoxy) is 1. The molecule has 1 aromatic heterocycles. The molecule has 0 aliphatic carbocycles. The molecule has 0 bridgehead atoms. The lowest BCUT2D eigenvalue weighted by atomic mass is 10.3. The lowest BCUT2D eigenvalue weighted by Crippen LogP contribution is -2.28. The number of nitrogens with two attached hydrogens (primary N) is 1. The fourth-order valence-electron chi connectivity index (χ4n) is 1.38. The Labute approximate surface area is 110 Å². The molecule has 1 heterocycles. The Morgan fingerprint density at radius 3 is 2.63 bits per heavy atom. The van der Waals surface area contributed by atoms with E-state index in [9.17, 15) is 8.42 Å². The molecule has 0 atom stereocenters. The molecule has 4 N–H and O–H groups in total. The second-order valence-corrected chi connectivity index (χ2v) is 5.47. The number of aromatic nitrogens is 2. The molecule has 0 radical (unpaired) electrons. The molecule has 7 nitrogen and oxygen atoms in total. The van der Waals surface area contributed by atoms with Gasteiger partial charge in [-0.25, -0.2) is 13.1 Å². The van der Waals surface area contributed by atoms with Crippen LogP contribution in [-0.4, -0.2) is 31.8 Å². The van der Waals surface area contributed by atoms with E-state index in [2.05, 4.69) is 14.9 Å². The fraction of sp³-hybridized carbons (Fsp3) is 0.182. The average Bonchev–Trinajstić information content (AvgIpc) is 2.91. The van der Waals surface area contributed by atoms with Gasteiger partial charge in [0.25, 0.3) is 10.0 Å². The zero-order chi connectivity index (χ0) is 13.7. The van der Waals surface area contributed by atoms with Crippen LogP contribution in [0.3, 0.4) is 0 Å². The number of aromatic amines is 1. The molecule has 2 aromatic rings. The highest BCUT2D eigenvalue weighted by atomic mass is 32.2. The van der Waals surface area contributed by atoms with Crippen LogP contribution in [0.2, 0.25) is 0 Å². The molecule has 0 aliphatic rings. The summed E-state index contributed by atoms with van der Waals surface area (Å²) in [4.78, 5) is 0. The van der Waals surface area contributed by atoms with Crippen molar-refractivity contribution < 1.29 is 13.2 Å². The maximum absolute atomic E-state index is 11.7. The molecule has 0 aliphatic heterocycles. The summed E-state index contributed by atoms with van der Waals surface area (Å²) < 4.78 is 31.1. The maximum atomic E-state index is 11.7. The second kappa shape index (κ2) is 5.72. The molecule has 0 saturated carbocycles. The van der Waals surface area contributed by atoms with E-state index < -0.39 is 10.0 Å². The van der Waals surface area contributed by atoms with Crippen molar-refractivity contribution in [3.8, 4) is 5.75 Å². The van der Waals surface area contributed by atoms with Crippen molar-refractivity contribution in [1.82, 2.24) is 14.9 Å². The van der Waals surface area contributed by atoms with Crippen LogP contribution < -0.4 is 15.2 Å². The summed E-state index contributed by atoms with van der Waals surface area (Å²) in [5, 5.41) is 6.00. The number of nitrogens with zero attached hydrogens (tertiary/aromatic N) is 1. The molecule has 2 rings (SSSR count). The summed E-state index contributed by atoms with van der Waals surface area (Å²) in [5.74, 6) is 0.634. The normalized spacial score (nSPS) is 11.4. The quantitative estimate of drug-likeness (QED) is 0.523. The Hall–Kier alpha value is -2.06. The van der Waals surface area contributed by atoms with E-state index in [1.807, 2.05) is 0 Å². The van der Waals surface area contributed by atoms with E-state index in [-0.39, 0.29) is 18.2 Å². The van der Waals surface area contributed by atoms with Crippen molar-refractivity contribution in [3.63, 3.8) is 0 Å². The number of nitrogen functional groups attached to an aromatic ring is 1. The molecule has 102 valence electrons. The Morgan fingerprint density at radius 1 is 1.26 bits per heavy atom. The van der Waals surface area contributed by atoms with Crippen LogP contribution >= 0.6 is 0 Å². The maximum Gasteiger partial charge on any atom is 0.257 e. The van der Waals surface area contributed by atoms with E-state index in [1.54, 1.807) is 24.3 Å². The standard InChI is InChI=1S/C11H14N4O3S/c12-9-1-3-10(4-2-9)18-8-7-14-19(16,17)11-5-6-13-15-11/h1-6,14H,7-8,12H2,(H,13,15). The van der Waals surface area contributed by atoms with Crippen molar-refractivity contribution >= 4 is 15.7 Å². The molecule has 0 saturated heterocycles. The minimum Gasteiger partial charge on any atom is -0.492 e. The van der Waals surface area contributed by atoms with Crippen LogP contribution in [0, 0.1) is 0 Å². The van der Waals surface area contributed by atoms with E-state index in [0.29, 0.717) is 11.4 Å². The monoisotopic (exact) mass is 282 g/mol. The summed E-state index contributed by atoms with van der Waals surface area (Å²) in [6.45, 7) is 0.378. The Balaban J connectivity index is 1.80. The first-order valence-corrected chi connectivity index (χ1v) is 7.03. The topological polar surface area (TPSA) is 110 Å². The molecule has 0 spiro atoms. The zero-order valence-electron chi connectivity index (χ0n) is 10.0. The first kappa shape index (κ1) is 13.4. The van der Waals surface area contributed by atoms with Crippen molar-refractivity contribution in [2.45, 2.75) is 5.03 Å². The Bertz CT molecular complexity index is 608. The van der Waals surface area contributed by atoms with Gasteiger partial charge in [0.05, 0.1) is 6.20 Å². The number of anilines is 1. The number of sulfonamides is 1. The van der Waals surface area contributed by atoms with Crippen molar-refractivity contribution in [3.05, 3.63) is 36.5 Å². The number of hydrogen-bond acceptors (Lipinski definition) is 5. The summed E-state index contributed by atoms with van der Waals surface area (Å²) in [6, 6.07) is 8.24. The highest BCUT2D eigenvalue weighted by Crippen LogP contribution is 2.12. The van der Waals surface area contributed by atoms with Gasteiger partial charge in [-0.2, -0.15) is 5.10 Å². The number of nitrogens with one attached hydrogen (secondary N) is 2. The minimum absolute atomic E-state index is 0.0278. The van der Waals surface area contributed by atoms with Gasteiger partial charge in [0.15, 0.2) is 5.03 Å². The van der Waals surface area contributed by atoms with Gasteiger partial charge in [0.2, 0.25) is 0 Å². The lowest BCUT2D eigenvalue weighted by molar-refractivity contribution is 0.323. The van der Waals surface area contributed by atoms with E-state index in [1.165, 1.54) is 12.3 Å². The molecule has 8 heteroatoms. The SMILES string of the molecule is Nc1ccc(OCCNS(=O)(=O)c2ccn[nH]2)cc1. The van der Waals surface area contributed by atoms with Crippen LogP contribution in [0.15, 0.2) is 41.6 Å². The van der Waals surface area contributed by atoms with Gasteiger partial charge in [-0.3, -0.25) is 5.10 Å². The van der Waals surface area contributed by atoms with Crippen LogP contribution in [0.4, 0.5) is 5.69 Å². The summed E-state index contributed by atoms with van der Waals surface area (Å²) >= 11 is 0. The first-order chi connectivity index (χ1) is 9.08. The molecule has 19 heavy (non-hydrogen) atoms. The van der Waals surface area contributed by atoms with E-state index >= 15 is 0 Å². The number of H-pyrrole nitrogens is 1. The average molecular weight is 282 g/mol. The van der Waals surface area contributed by atoms with Crippen molar-refractivity contribution in [2.24, 2.45) is 0 Å². The van der Waals surface area contributed by atoms with Gasteiger partial charge in [0, 0.05) is 12.2 Å². The van der Waals surface area contributed by atoms with E-state index in [0.717, 1.165) is 0 Å². The van der Waals surface area contributed by atoms with Gasteiger partial charge in [-0.15, -0.1) is 0 Å². The van der Waals surface area contributed by atoms with Gasteiger partial charge >= 0.3 is 0 Å². The fourth-order valence-corrected chi connectivity index (χ4v) is 2.30. The predicted octanol–water partition coefficient (Wildman–Crippen LogP) is 0.349. The molecular weight excluding hydrogens is 268 g/mol. The van der Waals surface area contributed by atoms with E-state index in [4.69, 9.17) is 10.5 Å². The molecule has 0 amide bonds. The van der Waals surface area contributed by atoms with Gasteiger partial charge in [0.1, 0.15) is 12.4 Å². The third-order valence-corrected chi connectivity index (χ3v) is 3.70. The smallest absolute Gasteiger partial charge is 0.257 e. The van der Waals surface area contributed by atoms with Crippen molar-refractivity contribution in [1.29, 1.82) is 0 Å². The third-order valence-electron chi connectivity index (χ3n) is 2.31. The van der Waals surface area contributed by atoms with Gasteiger partial charge in [-0.1, -0.05) is 0 Å². The third kappa shape index (κ3) is 3.70. The summed E-state index contributed by atoms with van der Waals surface area (Å²) in [7, 11) is -3.55. The second-order valence-electron chi connectivity index (χ2n) is 3.74. The van der Waals surface area contributed by atoms with Gasteiger partial charge < -0.3 is 10.5 Å². The number of hydrogen-bond donors (Lipinski definition) is 3. The summed E-state index contributed by atoms with van der Waals surface area (Å²) in [6.07, 6.45) is 1.37. The van der Waals surface area contributed by atoms with Crippen LogP contribution in [0.25, 0.3) is 0 Å². The van der Waals surface area contributed by atoms with Crippen LogP contribution in [-0.2, 0) is 10.0 Å². The summed E-state index contributed by atoms with van der Waals surface area (Å²) in [5.41, 5.74) is 6.18. The number of benzene rings is 1. The molecule has 0 unspecified atom stereocenters. The first-order valence-electron chi connectivity index (χ1n) is 5.55. The molecule has 0 fully saturated rings. The molecular formula is C11H14N4O3S. The number of rotatable bonds is 6. The Morgan fingerprint density at radius 2 is 2.00 bits per heavy atom. The van der Waals surface area contributed by atoms with Gasteiger partial charge in [-0.05, 0) is 30.3 Å². The predicted molar refractivity (Wildman–Crippen MR) is 70.1 cm³/mol. The van der Waals surface area contributed by atoms with Crippen LogP contribution in [0.1, 0.15) is 0 Å².